The minimum absolute atomic E-state index is 0.0588. The number of hydrogen-bond donors (Lipinski definition) is 0. The third-order valence-electron chi connectivity index (χ3n) is 5.19. The van der Waals surface area contributed by atoms with Crippen molar-refractivity contribution in [3.05, 3.63) is 59.7 Å². The standard InChI is InChI=1S/C21H18FN3O4/c22-16-5-1-3-14(9-16)21(26)25-8-2-4-15(11-25)20-24-23-19(29-20)13-6-7-17-18(10-13)28-12-27-17/h1,3,5-7,9-10,15H,2,4,8,11-12H2. The van der Waals surface area contributed by atoms with Crippen LogP contribution in [0.5, 0.6) is 11.5 Å². The van der Waals surface area contributed by atoms with Crippen LogP contribution in [0.2, 0.25) is 0 Å². The van der Waals surface area contributed by atoms with Gasteiger partial charge in [-0.25, -0.2) is 4.39 Å². The van der Waals surface area contributed by atoms with E-state index in [-0.39, 0.29) is 18.6 Å². The van der Waals surface area contributed by atoms with E-state index >= 15 is 0 Å². The van der Waals surface area contributed by atoms with Gasteiger partial charge in [-0.1, -0.05) is 6.07 Å². The topological polar surface area (TPSA) is 77.7 Å². The summed E-state index contributed by atoms with van der Waals surface area (Å²) in [4.78, 5) is 14.4. The van der Waals surface area contributed by atoms with Crippen molar-refractivity contribution in [3.8, 4) is 23.0 Å². The van der Waals surface area contributed by atoms with Crippen LogP contribution >= 0.6 is 0 Å². The third-order valence-corrected chi connectivity index (χ3v) is 5.19. The molecule has 2 aromatic carbocycles. The van der Waals surface area contributed by atoms with Gasteiger partial charge in [0.2, 0.25) is 18.6 Å². The number of halogens is 1. The summed E-state index contributed by atoms with van der Waals surface area (Å²) in [6.45, 7) is 1.28. The van der Waals surface area contributed by atoms with Crippen molar-refractivity contribution in [2.24, 2.45) is 0 Å². The number of aromatic nitrogens is 2. The summed E-state index contributed by atoms with van der Waals surface area (Å²) >= 11 is 0. The Bertz CT molecular complexity index is 1070. The monoisotopic (exact) mass is 395 g/mol. The number of benzene rings is 2. The zero-order valence-electron chi connectivity index (χ0n) is 15.5. The molecule has 5 rings (SSSR count). The van der Waals surface area contributed by atoms with Crippen LogP contribution in [-0.4, -0.2) is 40.9 Å². The smallest absolute Gasteiger partial charge is 0.253 e. The van der Waals surface area contributed by atoms with Crippen molar-refractivity contribution >= 4 is 5.91 Å². The zero-order chi connectivity index (χ0) is 19.8. The summed E-state index contributed by atoms with van der Waals surface area (Å²) in [6, 6.07) is 11.2. The van der Waals surface area contributed by atoms with E-state index in [1.54, 1.807) is 23.1 Å². The summed E-state index contributed by atoms with van der Waals surface area (Å²) in [5.74, 6) is 1.55. The second-order valence-corrected chi connectivity index (χ2v) is 7.11. The zero-order valence-corrected chi connectivity index (χ0v) is 15.5. The maximum atomic E-state index is 13.5. The van der Waals surface area contributed by atoms with Crippen molar-refractivity contribution in [2.45, 2.75) is 18.8 Å². The van der Waals surface area contributed by atoms with Gasteiger partial charge in [0.05, 0.1) is 5.92 Å². The predicted octanol–water partition coefficient (Wildman–Crippen LogP) is 3.62. The molecular formula is C21H18FN3O4. The Hall–Kier alpha value is -3.42. The van der Waals surface area contributed by atoms with E-state index in [0.29, 0.717) is 41.9 Å². The number of amides is 1. The lowest BCUT2D eigenvalue weighted by molar-refractivity contribution is 0.0698. The molecule has 0 bridgehead atoms. The fourth-order valence-corrected chi connectivity index (χ4v) is 3.71. The van der Waals surface area contributed by atoms with Gasteiger partial charge in [-0.3, -0.25) is 4.79 Å². The van der Waals surface area contributed by atoms with Crippen molar-refractivity contribution in [1.82, 2.24) is 15.1 Å². The molecule has 1 aromatic heterocycles. The quantitative estimate of drug-likeness (QED) is 0.674. The van der Waals surface area contributed by atoms with Gasteiger partial charge in [-0.2, -0.15) is 0 Å². The maximum Gasteiger partial charge on any atom is 0.253 e. The molecule has 3 heterocycles. The fraction of sp³-hybridized carbons (Fsp3) is 0.286. The van der Waals surface area contributed by atoms with E-state index in [2.05, 4.69) is 10.2 Å². The lowest BCUT2D eigenvalue weighted by Crippen LogP contribution is -2.39. The largest absolute Gasteiger partial charge is 0.454 e. The van der Waals surface area contributed by atoms with Gasteiger partial charge in [-0.05, 0) is 49.2 Å². The maximum absolute atomic E-state index is 13.5. The van der Waals surface area contributed by atoms with Crippen LogP contribution in [0.25, 0.3) is 11.5 Å². The molecular weight excluding hydrogens is 377 g/mol. The second-order valence-electron chi connectivity index (χ2n) is 7.11. The van der Waals surface area contributed by atoms with E-state index in [4.69, 9.17) is 13.9 Å². The summed E-state index contributed by atoms with van der Waals surface area (Å²) in [7, 11) is 0. The van der Waals surface area contributed by atoms with Crippen molar-refractivity contribution < 1.29 is 23.1 Å². The van der Waals surface area contributed by atoms with E-state index in [9.17, 15) is 9.18 Å². The number of likely N-dealkylation sites (tertiary alicyclic amines) is 1. The molecule has 3 aromatic rings. The number of rotatable bonds is 3. The first-order chi connectivity index (χ1) is 14.2. The first-order valence-corrected chi connectivity index (χ1v) is 9.45. The number of carbonyl (C=O) groups is 1. The average Bonchev–Trinajstić information content (AvgIpc) is 3.42. The molecule has 1 atom stereocenters. The number of carbonyl (C=O) groups excluding carboxylic acids is 1. The molecule has 148 valence electrons. The van der Waals surface area contributed by atoms with Gasteiger partial charge in [0.15, 0.2) is 11.5 Å². The van der Waals surface area contributed by atoms with Crippen LogP contribution in [0, 0.1) is 5.82 Å². The van der Waals surface area contributed by atoms with Gasteiger partial charge < -0.3 is 18.8 Å². The summed E-state index contributed by atoms with van der Waals surface area (Å²) in [5, 5.41) is 8.36. The minimum atomic E-state index is -0.422. The minimum Gasteiger partial charge on any atom is -0.454 e. The lowest BCUT2D eigenvalue weighted by Gasteiger charge is -2.31. The summed E-state index contributed by atoms with van der Waals surface area (Å²) in [6.07, 6.45) is 1.66. The van der Waals surface area contributed by atoms with Crippen LogP contribution in [0.4, 0.5) is 4.39 Å². The molecule has 8 heteroatoms. The molecule has 1 amide bonds. The van der Waals surface area contributed by atoms with Gasteiger partial charge in [0.1, 0.15) is 5.82 Å². The van der Waals surface area contributed by atoms with E-state index in [1.165, 1.54) is 12.1 Å². The molecule has 0 N–H and O–H groups in total. The summed E-state index contributed by atoms with van der Waals surface area (Å²) < 4.78 is 30.1. The van der Waals surface area contributed by atoms with Gasteiger partial charge in [0.25, 0.3) is 5.91 Å². The normalized spacial score (nSPS) is 18.1. The number of fused-ring (bicyclic) bond motifs is 1. The van der Waals surface area contributed by atoms with Gasteiger partial charge in [0, 0.05) is 24.2 Å². The highest BCUT2D eigenvalue weighted by atomic mass is 19.1. The Labute approximate surface area is 166 Å². The molecule has 0 radical (unpaired) electrons. The Balaban J connectivity index is 1.33. The molecule has 0 spiro atoms. The molecule has 1 saturated heterocycles. The second kappa shape index (κ2) is 7.20. The van der Waals surface area contributed by atoms with Crippen LogP contribution < -0.4 is 9.47 Å². The predicted molar refractivity (Wildman–Crippen MR) is 100 cm³/mol. The Morgan fingerprint density at radius 1 is 1.10 bits per heavy atom. The molecule has 0 aliphatic carbocycles. The van der Waals surface area contributed by atoms with Crippen molar-refractivity contribution in [1.29, 1.82) is 0 Å². The molecule has 0 saturated carbocycles. The highest BCUT2D eigenvalue weighted by Gasteiger charge is 2.29. The van der Waals surface area contributed by atoms with Crippen molar-refractivity contribution in [2.75, 3.05) is 19.9 Å². The number of ether oxygens (including phenoxy) is 2. The highest BCUT2D eigenvalue weighted by Crippen LogP contribution is 2.36. The Morgan fingerprint density at radius 2 is 2.00 bits per heavy atom. The van der Waals surface area contributed by atoms with E-state index in [1.807, 2.05) is 12.1 Å². The Kier molecular flexibility index (Phi) is 4.38. The molecule has 29 heavy (non-hydrogen) atoms. The number of nitrogens with zero attached hydrogens (tertiary/aromatic N) is 3. The van der Waals surface area contributed by atoms with Crippen LogP contribution in [0.3, 0.4) is 0 Å². The fourth-order valence-electron chi connectivity index (χ4n) is 3.71. The van der Waals surface area contributed by atoms with Gasteiger partial charge >= 0.3 is 0 Å². The molecule has 1 fully saturated rings. The third kappa shape index (κ3) is 3.41. The summed E-state index contributed by atoms with van der Waals surface area (Å²) in [5.41, 5.74) is 1.09. The lowest BCUT2D eigenvalue weighted by atomic mass is 9.97. The molecule has 2 aliphatic rings. The van der Waals surface area contributed by atoms with Gasteiger partial charge in [-0.15, -0.1) is 10.2 Å². The van der Waals surface area contributed by atoms with E-state index < -0.39 is 5.82 Å². The van der Waals surface area contributed by atoms with Crippen LogP contribution in [0.1, 0.15) is 35.0 Å². The first-order valence-electron chi connectivity index (χ1n) is 9.45. The number of piperidine rings is 1. The Morgan fingerprint density at radius 3 is 2.90 bits per heavy atom. The molecule has 1 unspecified atom stereocenters. The molecule has 7 nitrogen and oxygen atoms in total. The highest BCUT2D eigenvalue weighted by molar-refractivity contribution is 5.94. The molecule has 2 aliphatic heterocycles. The average molecular weight is 395 g/mol. The number of hydrogen-bond acceptors (Lipinski definition) is 6. The van der Waals surface area contributed by atoms with Crippen LogP contribution in [0.15, 0.2) is 46.9 Å². The first kappa shape index (κ1) is 17.7. The van der Waals surface area contributed by atoms with Crippen molar-refractivity contribution in [3.63, 3.8) is 0 Å². The SMILES string of the molecule is O=C(c1cccc(F)c1)N1CCCC(c2nnc(-c3ccc4c(c3)OCO4)o2)C1. The van der Waals surface area contributed by atoms with E-state index in [0.717, 1.165) is 18.4 Å². The van der Waals surface area contributed by atoms with Crippen LogP contribution in [-0.2, 0) is 0 Å².